The molecule has 1 N–H and O–H groups in total. The molecule has 1 aliphatic carbocycles. The standard InChI is InChI=1S/C20H20Cl2N2O4S3/c1-20(2)13-5-4-10-23-16(13)18(25)19(30(20)29-26)12-8-9-14(21)17(15(12)22)24(3)31(27,28)11-6-7-11/h4-5,8-11,25H,6-7H2,1-3H3. The summed E-state index contributed by atoms with van der Waals surface area (Å²) in [6.45, 7) is 3.84. The van der Waals surface area contributed by atoms with Crippen LogP contribution in [0.5, 0.6) is 0 Å². The van der Waals surface area contributed by atoms with Gasteiger partial charge in [0.2, 0.25) is 10.0 Å². The van der Waals surface area contributed by atoms with Gasteiger partial charge in [-0.1, -0.05) is 35.3 Å². The van der Waals surface area contributed by atoms with Crippen molar-refractivity contribution in [2.75, 3.05) is 11.4 Å². The van der Waals surface area contributed by atoms with Crippen molar-refractivity contribution in [2.45, 2.75) is 36.7 Å². The van der Waals surface area contributed by atoms with E-state index in [-0.39, 0.29) is 21.5 Å². The lowest BCUT2D eigenvalue weighted by Gasteiger charge is -2.35. The monoisotopic (exact) mass is 518 g/mol. The Labute approximate surface area is 196 Å². The molecule has 0 spiro atoms. The highest BCUT2D eigenvalue weighted by Crippen LogP contribution is 2.49. The molecule has 1 unspecified atom stereocenters. The third-order valence-corrected chi connectivity index (χ3v) is 12.7. The van der Waals surface area contributed by atoms with Gasteiger partial charge in [0, 0.05) is 23.6 Å². The molecule has 2 aromatic rings. The normalized spacial score (nSPS) is 20.4. The molecule has 6 nitrogen and oxygen atoms in total. The van der Waals surface area contributed by atoms with E-state index < -0.39 is 29.5 Å². The van der Waals surface area contributed by atoms with Gasteiger partial charge in [-0.05, 0) is 53.8 Å². The number of benzene rings is 1. The van der Waals surface area contributed by atoms with Gasteiger partial charge >= 0.3 is 0 Å². The average Bonchev–Trinajstić information content (AvgIpc) is 3.57. The maximum atomic E-state index is 12.8. The molecule has 1 aromatic carbocycles. The SMILES string of the molecule is CN(c1c(Cl)ccc(C2=C(O)c3ncccc3C(C)(C)S2=S=O)c1Cl)S(=O)(=O)C1CC1. The van der Waals surface area contributed by atoms with E-state index >= 15 is 0 Å². The van der Waals surface area contributed by atoms with Crippen LogP contribution in [0.3, 0.4) is 0 Å². The van der Waals surface area contributed by atoms with Crippen molar-refractivity contribution in [3.8, 4) is 0 Å². The summed E-state index contributed by atoms with van der Waals surface area (Å²) in [6, 6.07) is 6.75. The van der Waals surface area contributed by atoms with Crippen LogP contribution in [0.15, 0.2) is 30.5 Å². The van der Waals surface area contributed by atoms with E-state index in [1.807, 2.05) is 19.9 Å². The van der Waals surface area contributed by atoms with E-state index in [0.29, 0.717) is 39.2 Å². The number of aliphatic hydroxyl groups is 1. The third-order valence-electron chi connectivity index (χ3n) is 5.57. The highest BCUT2D eigenvalue weighted by molar-refractivity contribution is 8.36. The Morgan fingerprint density at radius 1 is 1.26 bits per heavy atom. The molecule has 1 fully saturated rings. The van der Waals surface area contributed by atoms with Crippen molar-refractivity contribution in [3.05, 3.63) is 57.3 Å². The molecule has 0 radical (unpaired) electrons. The van der Waals surface area contributed by atoms with Crippen LogP contribution in [0, 0.1) is 0 Å². The minimum atomic E-state index is -3.61. The van der Waals surface area contributed by atoms with Gasteiger partial charge in [-0.3, -0.25) is 9.29 Å². The number of hydrogen-bond acceptors (Lipinski definition) is 5. The van der Waals surface area contributed by atoms with Crippen molar-refractivity contribution in [1.82, 2.24) is 4.98 Å². The number of halogens is 2. The molecule has 11 heteroatoms. The molecule has 0 bridgehead atoms. The fourth-order valence-corrected chi connectivity index (χ4v) is 9.44. The van der Waals surface area contributed by atoms with Gasteiger partial charge in [-0.15, -0.1) is 0 Å². The number of sulfonamides is 1. The van der Waals surface area contributed by atoms with Crippen molar-refractivity contribution >= 4 is 69.3 Å². The average molecular weight is 519 g/mol. The molecule has 1 aromatic heterocycles. The Hall–Kier alpha value is -1.39. The third kappa shape index (κ3) is 3.54. The van der Waals surface area contributed by atoms with Crippen LogP contribution >= 0.6 is 23.2 Å². The molecule has 1 atom stereocenters. The molecule has 4 rings (SSSR count). The lowest BCUT2D eigenvalue weighted by atomic mass is 9.98. The zero-order valence-corrected chi connectivity index (χ0v) is 20.9. The molecule has 0 amide bonds. The van der Waals surface area contributed by atoms with E-state index in [0.717, 1.165) is 9.87 Å². The molecule has 1 aliphatic heterocycles. The van der Waals surface area contributed by atoms with Gasteiger partial charge in [0.25, 0.3) is 0 Å². The summed E-state index contributed by atoms with van der Waals surface area (Å²) in [5, 5.41) is 10.9. The summed E-state index contributed by atoms with van der Waals surface area (Å²) in [7, 11) is -2.85. The van der Waals surface area contributed by atoms with E-state index in [9.17, 15) is 17.7 Å². The smallest absolute Gasteiger partial charge is 0.237 e. The molecular formula is C20H20Cl2N2O4S3. The quantitative estimate of drug-likeness (QED) is 0.633. The highest BCUT2D eigenvalue weighted by atomic mass is 35.5. The second-order valence-electron chi connectivity index (χ2n) is 7.89. The summed E-state index contributed by atoms with van der Waals surface area (Å²) in [6.07, 6.45) is 2.77. The Kier molecular flexibility index (Phi) is 5.79. The number of aromatic nitrogens is 1. The zero-order chi connectivity index (χ0) is 22.7. The van der Waals surface area contributed by atoms with Crippen molar-refractivity contribution in [2.24, 2.45) is 0 Å². The van der Waals surface area contributed by atoms with E-state index in [4.69, 9.17) is 23.2 Å². The number of pyridine rings is 1. The Balaban J connectivity index is 1.99. The Morgan fingerprint density at radius 2 is 1.94 bits per heavy atom. The zero-order valence-electron chi connectivity index (χ0n) is 16.9. The van der Waals surface area contributed by atoms with Crippen molar-refractivity contribution in [1.29, 1.82) is 0 Å². The van der Waals surface area contributed by atoms with Crippen LogP contribution in [0.1, 0.15) is 43.5 Å². The summed E-state index contributed by atoms with van der Waals surface area (Å²) >= 11 is 13.1. The van der Waals surface area contributed by atoms with Gasteiger partial charge in [0.1, 0.15) is 15.9 Å². The summed E-state index contributed by atoms with van der Waals surface area (Å²) in [4.78, 5) is 4.67. The molecule has 1 saturated carbocycles. The second-order valence-corrected chi connectivity index (χ2v) is 14.4. The first-order valence-corrected chi connectivity index (χ1v) is 14.2. The minimum Gasteiger partial charge on any atom is -0.505 e. The number of fused-ring (bicyclic) bond motifs is 1. The molecule has 31 heavy (non-hydrogen) atoms. The van der Waals surface area contributed by atoms with Crippen molar-refractivity contribution in [3.63, 3.8) is 0 Å². The van der Waals surface area contributed by atoms with E-state index in [1.54, 1.807) is 18.3 Å². The summed E-state index contributed by atoms with van der Waals surface area (Å²) < 4.78 is 38.4. The van der Waals surface area contributed by atoms with Gasteiger partial charge in [0.15, 0.2) is 5.76 Å². The predicted octanol–water partition coefficient (Wildman–Crippen LogP) is 4.70. The second kappa shape index (κ2) is 7.88. The lowest BCUT2D eigenvalue weighted by Crippen LogP contribution is -2.31. The maximum Gasteiger partial charge on any atom is 0.237 e. The molecule has 2 aliphatic rings. The fraction of sp³-hybridized carbons (Fsp3) is 0.350. The maximum absolute atomic E-state index is 12.8. The van der Waals surface area contributed by atoms with Gasteiger partial charge in [-0.25, -0.2) is 12.6 Å². The van der Waals surface area contributed by atoms with Crippen LogP contribution in [0.25, 0.3) is 10.7 Å². The first kappa shape index (κ1) is 22.8. The number of hydrogen-bond donors (Lipinski definition) is 1. The largest absolute Gasteiger partial charge is 0.505 e. The topological polar surface area (TPSA) is 87.6 Å². The van der Waals surface area contributed by atoms with Gasteiger partial charge in [0.05, 0.1) is 25.9 Å². The lowest BCUT2D eigenvalue weighted by molar-refractivity contribution is 0.507. The molecular weight excluding hydrogens is 499 g/mol. The molecule has 2 heterocycles. The Bertz CT molecular complexity index is 1300. The van der Waals surface area contributed by atoms with Crippen LogP contribution in [-0.4, -0.2) is 35.0 Å². The van der Waals surface area contributed by atoms with Gasteiger partial charge in [-0.2, -0.15) is 0 Å². The molecule has 0 saturated heterocycles. The van der Waals surface area contributed by atoms with Crippen molar-refractivity contribution < 1.29 is 17.7 Å². The predicted molar refractivity (Wildman–Crippen MR) is 129 cm³/mol. The number of aliphatic hydroxyl groups excluding tert-OH is 1. The molecule has 166 valence electrons. The number of rotatable bonds is 4. The van der Waals surface area contributed by atoms with Crippen LogP contribution in [0.2, 0.25) is 10.0 Å². The number of anilines is 1. The van der Waals surface area contributed by atoms with Crippen LogP contribution in [-0.2, 0) is 34.5 Å². The minimum absolute atomic E-state index is 0.0718. The van der Waals surface area contributed by atoms with Crippen LogP contribution < -0.4 is 4.31 Å². The van der Waals surface area contributed by atoms with E-state index in [1.165, 1.54) is 13.1 Å². The first-order chi connectivity index (χ1) is 14.5. The summed E-state index contributed by atoms with van der Waals surface area (Å²) in [5.41, 5.74) is 1.65. The Morgan fingerprint density at radius 3 is 2.55 bits per heavy atom. The van der Waals surface area contributed by atoms with Gasteiger partial charge < -0.3 is 5.11 Å². The van der Waals surface area contributed by atoms with E-state index in [2.05, 4.69) is 4.98 Å². The highest BCUT2D eigenvalue weighted by Gasteiger charge is 2.42. The van der Waals surface area contributed by atoms with Crippen LogP contribution in [0.4, 0.5) is 5.69 Å². The summed E-state index contributed by atoms with van der Waals surface area (Å²) in [5.74, 6) is -0.135. The fourth-order valence-electron chi connectivity index (χ4n) is 3.70. The first-order valence-electron chi connectivity index (χ1n) is 9.43. The number of nitrogens with zero attached hydrogens (tertiary/aromatic N) is 2.